The number of benzene rings is 3. The number of rotatable bonds is 6. The number of hydrogen-bond acceptors (Lipinski definition) is 6. The summed E-state index contributed by atoms with van der Waals surface area (Å²) in [7, 11) is 0. The van der Waals surface area contributed by atoms with Crippen molar-refractivity contribution in [3.8, 4) is 0 Å². The van der Waals surface area contributed by atoms with Crippen LogP contribution in [0.25, 0.3) is 0 Å². The number of carboxylic acids is 1. The number of carbonyl (C=O) groups is 4. The molecule has 0 saturated heterocycles. The second-order valence-corrected chi connectivity index (χ2v) is 6.14. The minimum atomic E-state index is -1.33. The largest absolute Gasteiger partial charge is 0.478 e. The van der Waals surface area contributed by atoms with E-state index >= 15 is 0 Å². The van der Waals surface area contributed by atoms with Gasteiger partial charge in [-0.1, -0.05) is 54.6 Å². The summed E-state index contributed by atoms with van der Waals surface area (Å²) < 4.78 is 10.1. The van der Waals surface area contributed by atoms with Crippen molar-refractivity contribution in [2.45, 2.75) is 6.61 Å². The maximum Gasteiger partial charge on any atom is 0.346 e. The first-order chi connectivity index (χ1) is 14.5. The van der Waals surface area contributed by atoms with Gasteiger partial charge in [0.05, 0.1) is 22.3 Å². The predicted molar refractivity (Wildman–Crippen MR) is 105 cm³/mol. The van der Waals surface area contributed by atoms with Crippen LogP contribution >= 0.6 is 0 Å². The van der Waals surface area contributed by atoms with Crippen molar-refractivity contribution < 1.29 is 33.8 Å². The lowest BCUT2D eigenvalue weighted by Crippen LogP contribution is -2.19. The first kappa shape index (κ1) is 20.5. The van der Waals surface area contributed by atoms with Crippen LogP contribution in [-0.4, -0.2) is 29.0 Å². The summed E-state index contributed by atoms with van der Waals surface area (Å²) in [6, 6.07) is 20.1. The molecule has 0 heterocycles. The van der Waals surface area contributed by atoms with Crippen LogP contribution < -0.4 is 0 Å². The highest BCUT2D eigenvalue weighted by Gasteiger charge is 2.24. The van der Waals surface area contributed by atoms with E-state index in [0.717, 1.165) is 5.56 Å². The van der Waals surface area contributed by atoms with E-state index in [-0.39, 0.29) is 28.9 Å². The van der Waals surface area contributed by atoms with E-state index in [4.69, 9.17) is 9.47 Å². The van der Waals surface area contributed by atoms with Crippen molar-refractivity contribution in [1.82, 2.24) is 0 Å². The number of hydrogen-bond donors (Lipinski definition) is 1. The molecule has 0 amide bonds. The van der Waals surface area contributed by atoms with Gasteiger partial charge in [-0.05, 0) is 29.8 Å². The minimum absolute atomic E-state index is 0.00791. The maximum absolute atomic E-state index is 12.5. The van der Waals surface area contributed by atoms with Gasteiger partial charge in [0.2, 0.25) is 0 Å². The van der Waals surface area contributed by atoms with Crippen LogP contribution in [0, 0.1) is 0 Å². The number of aromatic carboxylic acids is 1. The molecule has 0 radical (unpaired) electrons. The Morgan fingerprint density at radius 2 is 1.03 bits per heavy atom. The first-order valence-electron chi connectivity index (χ1n) is 8.86. The Labute approximate surface area is 171 Å². The van der Waals surface area contributed by atoms with Crippen LogP contribution in [0.15, 0.2) is 78.9 Å². The molecule has 0 aliphatic heterocycles. The molecule has 30 heavy (non-hydrogen) atoms. The van der Waals surface area contributed by atoms with Gasteiger partial charge in [0.25, 0.3) is 0 Å². The van der Waals surface area contributed by atoms with Crippen LogP contribution in [0.3, 0.4) is 0 Å². The van der Waals surface area contributed by atoms with Gasteiger partial charge in [-0.3, -0.25) is 0 Å². The number of ether oxygens (including phenoxy) is 2. The molecule has 3 aromatic carbocycles. The molecule has 0 unspecified atom stereocenters. The molecule has 0 spiro atoms. The highest BCUT2D eigenvalue weighted by atomic mass is 16.6. The summed E-state index contributed by atoms with van der Waals surface area (Å²) in [6.07, 6.45) is 0. The van der Waals surface area contributed by atoms with Crippen LogP contribution in [0.1, 0.15) is 47.0 Å². The Morgan fingerprint density at radius 1 is 0.600 bits per heavy atom. The number of carbonyl (C=O) groups excluding carboxylic acids is 3. The lowest BCUT2D eigenvalue weighted by atomic mass is 10.1. The molecule has 0 fully saturated rings. The van der Waals surface area contributed by atoms with Gasteiger partial charge in [-0.15, -0.1) is 0 Å². The van der Waals surface area contributed by atoms with Crippen LogP contribution in [0.5, 0.6) is 0 Å². The normalized spacial score (nSPS) is 10.1. The molecular formula is C23H16O7. The highest BCUT2D eigenvalue weighted by Crippen LogP contribution is 2.16. The van der Waals surface area contributed by atoms with Gasteiger partial charge in [0, 0.05) is 0 Å². The molecule has 0 aliphatic rings. The molecule has 1 N–H and O–H groups in total. The van der Waals surface area contributed by atoms with Crippen molar-refractivity contribution in [3.05, 3.63) is 107 Å². The topological polar surface area (TPSA) is 107 Å². The van der Waals surface area contributed by atoms with Gasteiger partial charge < -0.3 is 14.6 Å². The van der Waals surface area contributed by atoms with E-state index in [1.165, 1.54) is 48.5 Å². The van der Waals surface area contributed by atoms with Gasteiger partial charge in [0.15, 0.2) is 0 Å². The summed E-state index contributed by atoms with van der Waals surface area (Å²) >= 11 is 0. The van der Waals surface area contributed by atoms with E-state index in [1.807, 2.05) is 6.07 Å². The number of esters is 3. The molecule has 0 aromatic heterocycles. The summed E-state index contributed by atoms with van der Waals surface area (Å²) in [6.45, 7) is 0.00791. The molecule has 3 rings (SSSR count). The molecule has 3 aromatic rings. The van der Waals surface area contributed by atoms with E-state index in [9.17, 15) is 24.3 Å². The molecule has 150 valence electrons. The van der Waals surface area contributed by atoms with Crippen LogP contribution in [0.4, 0.5) is 0 Å². The van der Waals surface area contributed by atoms with Crippen molar-refractivity contribution in [2.24, 2.45) is 0 Å². The fourth-order valence-corrected chi connectivity index (χ4v) is 2.68. The van der Waals surface area contributed by atoms with E-state index in [2.05, 4.69) is 0 Å². The van der Waals surface area contributed by atoms with E-state index < -0.39 is 23.9 Å². The fourth-order valence-electron chi connectivity index (χ4n) is 2.68. The van der Waals surface area contributed by atoms with Gasteiger partial charge in [-0.2, -0.15) is 0 Å². The van der Waals surface area contributed by atoms with Gasteiger partial charge in [0.1, 0.15) is 6.61 Å². The SMILES string of the molecule is O=C(O)c1ccccc1C(=O)OC(=O)c1ccccc1C(=O)OCc1ccccc1. The molecule has 0 aliphatic carbocycles. The van der Waals surface area contributed by atoms with E-state index in [0.29, 0.717) is 0 Å². The zero-order chi connectivity index (χ0) is 21.5. The zero-order valence-electron chi connectivity index (χ0n) is 15.6. The lowest BCUT2D eigenvalue weighted by molar-refractivity contribution is 0.0375. The first-order valence-corrected chi connectivity index (χ1v) is 8.86. The Balaban J connectivity index is 1.76. The average molecular weight is 404 g/mol. The summed E-state index contributed by atoms with van der Waals surface area (Å²) in [5.41, 5.74) is -0.0471. The highest BCUT2D eigenvalue weighted by molar-refractivity contribution is 6.10. The lowest BCUT2D eigenvalue weighted by Gasteiger charge is -2.10. The second kappa shape index (κ2) is 9.29. The third-order valence-electron chi connectivity index (χ3n) is 4.14. The van der Waals surface area contributed by atoms with E-state index in [1.54, 1.807) is 24.3 Å². The maximum atomic E-state index is 12.5. The van der Waals surface area contributed by atoms with Crippen molar-refractivity contribution >= 4 is 23.9 Å². The second-order valence-electron chi connectivity index (χ2n) is 6.14. The van der Waals surface area contributed by atoms with Crippen molar-refractivity contribution in [2.75, 3.05) is 0 Å². The zero-order valence-corrected chi connectivity index (χ0v) is 15.6. The Morgan fingerprint density at radius 3 is 1.57 bits per heavy atom. The minimum Gasteiger partial charge on any atom is -0.478 e. The quantitative estimate of drug-likeness (QED) is 0.493. The smallest absolute Gasteiger partial charge is 0.346 e. The summed E-state index contributed by atoms with van der Waals surface area (Å²) in [5, 5.41) is 9.18. The predicted octanol–water partition coefficient (Wildman–Crippen LogP) is 3.74. The molecule has 0 bridgehead atoms. The Hall–Kier alpha value is -4.26. The summed E-state index contributed by atoms with van der Waals surface area (Å²) in [4.78, 5) is 48.5. The Kier molecular flexibility index (Phi) is 6.34. The van der Waals surface area contributed by atoms with Gasteiger partial charge >= 0.3 is 23.9 Å². The van der Waals surface area contributed by atoms with Crippen molar-refractivity contribution in [3.63, 3.8) is 0 Å². The van der Waals surface area contributed by atoms with Crippen LogP contribution in [0.2, 0.25) is 0 Å². The van der Waals surface area contributed by atoms with Crippen molar-refractivity contribution in [1.29, 1.82) is 0 Å². The molecule has 0 saturated carbocycles. The molecular weight excluding hydrogens is 388 g/mol. The Bertz CT molecular complexity index is 1100. The summed E-state index contributed by atoms with van der Waals surface area (Å²) in [5.74, 6) is -4.32. The fraction of sp³-hybridized carbons (Fsp3) is 0.0435. The number of carboxylic acid groups (broad SMARTS) is 1. The average Bonchev–Trinajstić information content (AvgIpc) is 2.78. The van der Waals surface area contributed by atoms with Crippen LogP contribution in [-0.2, 0) is 16.1 Å². The molecule has 7 nitrogen and oxygen atoms in total. The standard InChI is InChI=1S/C23H16O7/c24-20(25)16-10-4-5-11-17(16)22(27)30-23(28)19-13-7-6-12-18(19)21(26)29-14-15-8-2-1-3-9-15/h1-13H,14H2,(H,24,25). The molecule has 7 heteroatoms. The molecule has 0 atom stereocenters. The third-order valence-corrected chi connectivity index (χ3v) is 4.14. The van der Waals surface area contributed by atoms with Gasteiger partial charge in [-0.25, -0.2) is 19.2 Å². The monoisotopic (exact) mass is 404 g/mol. The third kappa shape index (κ3) is 4.77.